The lowest BCUT2D eigenvalue weighted by atomic mass is 9.87. The Hall–Kier alpha value is -5.41. The van der Waals surface area contributed by atoms with E-state index in [0.29, 0.717) is 22.5 Å². The maximum atomic E-state index is 13.8. The molecule has 0 saturated heterocycles. The van der Waals surface area contributed by atoms with Gasteiger partial charge in [-0.1, -0.05) is 57.2 Å². The van der Waals surface area contributed by atoms with Gasteiger partial charge in [0.1, 0.15) is 5.75 Å². The van der Waals surface area contributed by atoms with Crippen LogP contribution in [0, 0.1) is 0 Å². The molecule has 0 aliphatic rings. The summed E-state index contributed by atoms with van der Waals surface area (Å²) in [6, 6.07) is 24.8. The maximum absolute atomic E-state index is 13.8. The van der Waals surface area contributed by atoms with Gasteiger partial charge in [0.15, 0.2) is 0 Å². The first kappa shape index (κ1) is 30.1. The number of phenolic OH excluding ortho intramolecular Hbond substituents is 1. The Balaban J connectivity index is 1.43. The third kappa shape index (κ3) is 6.79. The molecule has 0 saturated carbocycles. The highest BCUT2D eigenvalue weighted by molar-refractivity contribution is 6.07. The molecule has 9 heteroatoms. The first-order valence-corrected chi connectivity index (χ1v) is 14.1. The molecular formula is C35H33N5O4. The van der Waals surface area contributed by atoms with Gasteiger partial charge in [0, 0.05) is 34.6 Å². The number of nitrogens with zero attached hydrogens (tertiary/aromatic N) is 3. The van der Waals surface area contributed by atoms with E-state index in [2.05, 4.69) is 36.2 Å². The fraction of sp³-hybridized carbons (Fsp3) is 0.171. The summed E-state index contributed by atoms with van der Waals surface area (Å²) in [7, 11) is 0. The van der Waals surface area contributed by atoms with Crippen LogP contribution in [0.25, 0.3) is 22.5 Å². The van der Waals surface area contributed by atoms with Crippen LogP contribution in [-0.2, 0) is 16.6 Å². The van der Waals surface area contributed by atoms with Gasteiger partial charge < -0.3 is 10.8 Å². The molecule has 5 rings (SSSR count). The fourth-order valence-corrected chi connectivity index (χ4v) is 4.72. The van der Waals surface area contributed by atoms with Gasteiger partial charge >= 0.3 is 0 Å². The molecule has 0 radical (unpaired) electrons. The van der Waals surface area contributed by atoms with Crippen LogP contribution in [0.5, 0.6) is 5.75 Å². The number of aromatic nitrogens is 3. The number of benzene rings is 3. The van der Waals surface area contributed by atoms with Crippen LogP contribution < -0.4 is 11.1 Å². The van der Waals surface area contributed by atoms with Crippen molar-refractivity contribution in [2.75, 3.05) is 0 Å². The van der Waals surface area contributed by atoms with Crippen LogP contribution in [-0.4, -0.2) is 43.6 Å². The molecule has 44 heavy (non-hydrogen) atoms. The van der Waals surface area contributed by atoms with E-state index in [1.165, 1.54) is 16.8 Å². The molecule has 0 aliphatic carbocycles. The van der Waals surface area contributed by atoms with E-state index in [-0.39, 0.29) is 29.1 Å². The highest BCUT2D eigenvalue weighted by Crippen LogP contribution is 2.28. The topological polar surface area (TPSA) is 140 Å². The first-order chi connectivity index (χ1) is 21.0. The predicted octanol–water partition coefficient (Wildman–Crippen LogP) is 5.13. The van der Waals surface area contributed by atoms with Crippen molar-refractivity contribution in [1.82, 2.24) is 20.1 Å². The van der Waals surface area contributed by atoms with Crippen molar-refractivity contribution in [2.45, 2.75) is 38.6 Å². The Kier molecular flexibility index (Phi) is 8.50. The lowest BCUT2D eigenvalue weighted by molar-refractivity contribution is -0.121. The van der Waals surface area contributed by atoms with Gasteiger partial charge in [0.2, 0.25) is 5.91 Å². The molecule has 0 aliphatic heterocycles. The highest BCUT2D eigenvalue weighted by atomic mass is 16.3. The van der Waals surface area contributed by atoms with Gasteiger partial charge in [-0.05, 0) is 77.6 Å². The lowest BCUT2D eigenvalue weighted by Gasteiger charge is -2.19. The number of amides is 2. The number of pyridine rings is 1. The van der Waals surface area contributed by atoms with E-state index in [0.717, 1.165) is 16.7 Å². The Morgan fingerprint density at radius 1 is 0.864 bits per heavy atom. The van der Waals surface area contributed by atoms with Crippen LogP contribution in [0.1, 0.15) is 52.6 Å². The van der Waals surface area contributed by atoms with Gasteiger partial charge in [-0.3, -0.25) is 24.7 Å². The van der Waals surface area contributed by atoms with Gasteiger partial charge in [-0.25, -0.2) is 0 Å². The SMILES string of the molecule is CC(C)(C)c1ccc(C(=O)n2nc(-c3ccncc3)cc2-c2cccc(C(=O)NC(=O)[C@@H](N)Cc3ccc(O)cc3)c2)cc1. The van der Waals surface area contributed by atoms with E-state index in [4.69, 9.17) is 5.73 Å². The average Bonchev–Trinajstić information content (AvgIpc) is 3.47. The average molecular weight is 588 g/mol. The van der Waals surface area contributed by atoms with Crippen molar-refractivity contribution >= 4 is 17.7 Å². The predicted molar refractivity (Wildman–Crippen MR) is 168 cm³/mol. The molecule has 5 aromatic rings. The largest absolute Gasteiger partial charge is 0.508 e. The molecule has 9 nitrogen and oxygen atoms in total. The van der Waals surface area contributed by atoms with Gasteiger partial charge in [-0.15, -0.1) is 0 Å². The normalized spacial score (nSPS) is 12.0. The second-order valence-electron chi connectivity index (χ2n) is 11.6. The molecule has 2 aromatic heterocycles. The first-order valence-electron chi connectivity index (χ1n) is 14.1. The van der Waals surface area contributed by atoms with E-state index < -0.39 is 17.9 Å². The number of carbonyl (C=O) groups is 3. The second-order valence-corrected chi connectivity index (χ2v) is 11.6. The summed E-state index contributed by atoms with van der Waals surface area (Å²) in [5.41, 5.74) is 10.9. The Bertz CT molecular complexity index is 1810. The number of carbonyl (C=O) groups excluding carboxylic acids is 3. The zero-order valence-corrected chi connectivity index (χ0v) is 24.7. The Labute approximate surface area is 255 Å². The lowest BCUT2D eigenvalue weighted by Crippen LogP contribution is -2.44. The summed E-state index contributed by atoms with van der Waals surface area (Å²) >= 11 is 0. The third-order valence-electron chi connectivity index (χ3n) is 7.26. The molecule has 4 N–H and O–H groups in total. The van der Waals surface area contributed by atoms with Crippen molar-refractivity contribution in [3.8, 4) is 28.3 Å². The number of nitrogens with two attached hydrogens (primary N) is 1. The van der Waals surface area contributed by atoms with Gasteiger partial charge in [0.05, 0.1) is 17.4 Å². The molecule has 0 spiro atoms. The van der Waals surface area contributed by atoms with Crippen molar-refractivity contribution in [2.24, 2.45) is 5.73 Å². The molecular weight excluding hydrogens is 554 g/mol. The molecule has 0 unspecified atom stereocenters. The number of rotatable bonds is 7. The molecule has 0 bridgehead atoms. The number of imide groups is 1. The Morgan fingerprint density at radius 2 is 1.55 bits per heavy atom. The van der Waals surface area contributed by atoms with Crippen LogP contribution >= 0.6 is 0 Å². The zero-order chi connectivity index (χ0) is 31.4. The number of aromatic hydroxyl groups is 1. The summed E-state index contributed by atoms with van der Waals surface area (Å²) in [5.74, 6) is -1.47. The quantitative estimate of drug-likeness (QED) is 0.240. The molecule has 222 valence electrons. The molecule has 1 atom stereocenters. The summed E-state index contributed by atoms with van der Waals surface area (Å²) in [5, 5.41) is 16.5. The smallest absolute Gasteiger partial charge is 0.278 e. The standard InChI is InChI=1S/C35H33N5O4/c1-35(2,3)27-11-9-24(10-12-27)34(44)40-31(21-30(39-40)23-15-17-37-18-16-23)25-5-4-6-26(20-25)32(42)38-33(43)29(36)19-22-7-13-28(41)14-8-22/h4-18,20-21,29,41H,19,36H2,1-3H3,(H,38,42,43)/t29-/m0/s1. The summed E-state index contributed by atoms with van der Waals surface area (Å²) < 4.78 is 1.33. The number of hydrogen-bond donors (Lipinski definition) is 3. The molecule has 0 fully saturated rings. The van der Waals surface area contributed by atoms with Crippen LogP contribution in [0.4, 0.5) is 0 Å². The number of nitrogens with one attached hydrogen (secondary N) is 1. The summed E-state index contributed by atoms with van der Waals surface area (Å²) in [6.45, 7) is 6.32. The van der Waals surface area contributed by atoms with Crippen LogP contribution in [0.2, 0.25) is 0 Å². The van der Waals surface area contributed by atoms with E-state index in [1.54, 1.807) is 79.1 Å². The van der Waals surface area contributed by atoms with E-state index in [9.17, 15) is 19.5 Å². The maximum Gasteiger partial charge on any atom is 0.278 e. The van der Waals surface area contributed by atoms with E-state index in [1.807, 2.05) is 12.1 Å². The zero-order valence-electron chi connectivity index (χ0n) is 24.7. The minimum absolute atomic E-state index is 0.0647. The van der Waals surface area contributed by atoms with Crippen molar-refractivity contribution in [3.05, 3.63) is 126 Å². The second kappa shape index (κ2) is 12.4. The minimum Gasteiger partial charge on any atom is -0.508 e. The van der Waals surface area contributed by atoms with Crippen molar-refractivity contribution < 1.29 is 19.5 Å². The summed E-state index contributed by atoms with van der Waals surface area (Å²) in [4.78, 5) is 43.7. The van der Waals surface area contributed by atoms with Gasteiger partial charge in [0.25, 0.3) is 11.8 Å². The minimum atomic E-state index is -0.974. The molecule has 3 aromatic carbocycles. The molecule has 2 amide bonds. The highest BCUT2D eigenvalue weighted by Gasteiger charge is 2.22. The van der Waals surface area contributed by atoms with Gasteiger partial charge in [-0.2, -0.15) is 9.78 Å². The molecule has 2 heterocycles. The monoisotopic (exact) mass is 587 g/mol. The van der Waals surface area contributed by atoms with E-state index >= 15 is 0 Å². The number of hydrogen-bond acceptors (Lipinski definition) is 7. The summed E-state index contributed by atoms with van der Waals surface area (Å²) in [6.07, 6.45) is 3.49. The van der Waals surface area contributed by atoms with Crippen molar-refractivity contribution in [3.63, 3.8) is 0 Å². The van der Waals surface area contributed by atoms with Crippen molar-refractivity contribution in [1.29, 1.82) is 0 Å². The Morgan fingerprint density at radius 3 is 2.20 bits per heavy atom. The van der Waals surface area contributed by atoms with Crippen LogP contribution in [0.3, 0.4) is 0 Å². The third-order valence-corrected chi connectivity index (χ3v) is 7.26. The fourth-order valence-electron chi connectivity index (χ4n) is 4.72. The van der Waals surface area contributed by atoms with Crippen LogP contribution in [0.15, 0.2) is 103 Å². The number of phenols is 1.